The van der Waals surface area contributed by atoms with Gasteiger partial charge in [-0.2, -0.15) is 0 Å². The molecule has 1 aromatic heterocycles. The minimum absolute atomic E-state index is 0.587. The molecule has 0 N–H and O–H groups in total. The lowest BCUT2D eigenvalue weighted by atomic mass is 9.93. The average Bonchev–Trinajstić information content (AvgIpc) is 3.57. The van der Waals surface area contributed by atoms with Crippen LogP contribution in [-0.4, -0.2) is 9.55 Å². The number of aromatic nitrogens is 2. The SMILES string of the molecule is CCCCCCCCCCCCCCCCCC(C)n1ccnc1C(CCCCCC)CCCCCCCCCCCCCCCC. The van der Waals surface area contributed by atoms with Gasteiger partial charge in [-0.25, -0.2) is 4.98 Å². The van der Waals surface area contributed by atoms with Gasteiger partial charge in [0.25, 0.3) is 0 Å². The van der Waals surface area contributed by atoms with Crippen molar-refractivity contribution in [2.24, 2.45) is 0 Å². The van der Waals surface area contributed by atoms with Crippen molar-refractivity contribution in [3.63, 3.8) is 0 Å². The Morgan fingerprint density at radius 1 is 0.404 bits per heavy atom. The number of unbranched alkanes of at least 4 members (excludes halogenated alkanes) is 30. The van der Waals surface area contributed by atoms with Crippen LogP contribution in [0.3, 0.4) is 0 Å². The summed E-state index contributed by atoms with van der Waals surface area (Å²) in [5.41, 5.74) is 0. The van der Waals surface area contributed by atoms with Crippen molar-refractivity contribution in [3.05, 3.63) is 18.2 Å². The van der Waals surface area contributed by atoms with E-state index >= 15 is 0 Å². The molecule has 1 rings (SSSR count). The van der Waals surface area contributed by atoms with Crippen molar-refractivity contribution < 1.29 is 0 Å². The monoisotopic (exact) mass is 657 g/mol. The van der Waals surface area contributed by atoms with E-state index < -0.39 is 0 Å². The first-order valence-electron chi connectivity index (χ1n) is 22.3. The van der Waals surface area contributed by atoms with Crippen LogP contribution >= 0.6 is 0 Å². The Hall–Kier alpha value is -0.790. The fraction of sp³-hybridized carbons (Fsp3) is 0.933. The van der Waals surface area contributed by atoms with Crippen LogP contribution in [0, 0.1) is 0 Å². The summed E-state index contributed by atoms with van der Waals surface area (Å²) in [5, 5.41) is 0. The number of nitrogens with zero attached hydrogens (tertiary/aromatic N) is 2. The molecule has 0 aliphatic rings. The van der Waals surface area contributed by atoms with Gasteiger partial charge in [-0.05, 0) is 26.2 Å². The number of imidazole rings is 1. The minimum atomic E-state index is 0.587. The molecule has 2 nitrogen and oxygen atoms in total. The van der Waals surface area contributed by atoms with Gasteiger partial charge in [-0.1, -0.05) is 233 Å². The van der Waals surface area contributed by atoms with E-state index in [0.717, 1.165) is 0 Å². The van der Waals surface area contributed by atoms with E-state index in [1.165, 1.54) is 237 Å². The lowest BCUT2D eigenvalue weighted by molar-refractivity contribution is 0.413. The van der Waals surface area contributed by atoms with Gasteiger partial charge in [0.2, 0.25) is 0 Å². The summed E-state index contributed by atoms with van der Waals surface area (Å²) >= 11 is 0. The Balaban J connectivity index is 2.22. The highest BCUT2D eigenvalue weighted by atomic mass is 15.1. The molecular formula is C45H88N2. The fourth-order valence-corrected chi connectivity index (χ4v) is 7.77. The van der Waals surface area contributed by atoms with Crippen LogP contribution in [0.25, 0.3) is 0 Å². The van der Waals surface area contributed by atoms with E-state index in [1.54, 1.807) is 0 Å². The molecule has 2 unspecified atom stereocenters. The second-order valence-corrected chi connectivity index (χ2v) is 15.7. The Kier molecular flexibility index (Phi) is 33.0. The molecular weight excluding hydrogens is 569 g/mol. The molecule has 0 amide bonds. The van der Waals surface area contributed by atoms with Crippen LogP contribution in [0.5, 0.6) is 0 Å². The van der Waals surface area contributed by atoms with E-state index in [0.29, 0.717) is 12.0 Å². The molecule has 2 heteroatoms. The Bertz CT molecular complexity index is 723. The van der Waals surface area contributed by atoms with Crippen molar-refractivity contribution in [3.8, 4) is 0 Å². The van der Waals surface area contributed by atoms with Gasteiger partial charge in [0.1, 0.15) is 5.82 Å². The van der Waals surface area contributed by atoms with Crippen molar-refractivity contribution in [1.82, 2.24) is 9.55 Å². The minimum Gasteiger partial charge on any atom is -0.332 e. The van der Waals surface area contributed by atoms with E-state index in [1.807, 2.05) is 0 Å². The largest absolute Gasteiger partial charge is 0.332 e. The number of hydrogen-bond acceptors (Lipinski definition) is 1. The van der Waals surface area contributed by atoms with Gasteiger partial charge in [0.05, 0.1) is 0 Å². The highest BCUT2D eigenvalue weighted by molar-refractivity contribution is 5.02. The predicted molar refractivity (Wildman–Crippen MR) is 213 cm³/mol. The lowest BCUT2D eigenvalue weighted by Gasteiger charge is -2.22. The van der Waals surface area contributed by atoms with Crippen molar-refractivity contribution in [2.75, 3.05) is 0 Å². The molecule has 0 radical (unpaired) electrons. The van der Waals surface area contributed by atoms with Crippen LogP contribution in [0.4, 0.5) is 0 Å². The third-order valence-corrected chi connectivity index (χ3v) is 11.1. The van der Waals surface area contributed by atoms with E-state index in [9.17, 15) is 0 Å². The first-order chi connectivity index (χ1) is 23.2. The third-order valence-electron chi connectivity index (χ3n) is 11.1. The highest BCUT2D eigenvalue weighted by Crippen LogP contribution is 2.31. The first kappa shape index (κ1) is 44.2. The summed E-state index contributed by atoms with van der Waals surface area (Å²) < 4.78 is 2.58. The standard InChI is InChI=1S/C45H88N2/c1-5-8-11-14-16-18-20-22-24-25-27-29-31-33-35-38-43(4)47-42-41-46-45(47)44(39-36-13-10-7-3)40-37-34-32-30-28-26-23-21-19-17-15-12-9-6-2/h41-44H,5-40H2,1-4H3. The maximum Gasteiger partial charge on any atom is 0.111 e. The quantitative estimate of drug-likeness (QED) is 0.0648. The molecule has 0 saturated heterocycles. The van der Waals surface area contributed by atoms with E-state index in [2.05, 4.69) is 44.7 Å². The fourth-order valence-electron chi connectivity index (χ4n) is 7.77. The van der Waals surface area contributed by atoms with E-state index in [-0.39, 0.29) is 0 Å². The van der Waals surface area contributed by atoms with Crippen LogP contribution in [-0.2, 0) is 0 Å². The van der Waals surface area contributed by atoms with Gasteiger partial charge >= 0.3 is 0 Å². The third kappa shape index (κ3) is 26.7. The summed E-state index contributed by atoms with van der Waals surface area (Å²) in [4.78, 5) is 5.01. The van der Waals surface area contributed by atoms with Gasteiger partial charge in [0.15, 0.2) is 0 Å². The van der Waals surface area contributed by atoms with Gasteiger partial charge in [-0.15, -0.1) is 0 Å². The second kappa shape index (κ2) is 35.1. The van der Waals surface area contributed by atoms with Gasteiger partial charge < -0.3 is 4.57 Å². The van der Waals surface area contributed by atoms with Crippen LogP contribution < -0.4 is 0 Å². The first-order valence-corrected chi connectivity index (χ1v) is 22.3. The van der Waals surface area contributed by atoms with Crippen LogP contribution in [0.15, 0.2) is 12.4 Å². The zero-order valence-corrected chi connectivity index (χ0v) is 33.2. The van der Waals surface area contributed by atoms with Crippen LogP contribution in [0.2, 0.25) is 0 Å². The van der Waals surface area contributed by atoms with Crippen molar-refractivity contribution >= 4 is 0 Å². The zero-order chi connectivity index (χ0) is 33.9. The summed E-state index contributed by atoms with van der Waals surface area (Å²) in [6.07, 6.45) is 55.7. The molecule has 0 fully saturated rings. The maximum absolute atomic E-state index is 5.01. The molecule has 1 heterocycles. The topological polar surface area (TPSA) is 17.8 Å². The maximum atomic E-state index is 5.01. The second-order valence-electron chi connectivity index (χ2n) is 15.7. The Labute approximate surface area is 297 Å². The Morgan fingerprint density at radius 3 is 1.02 bits per heavy atom. The Morgan fingerprint density at radius 2 is 0.681 bits per heavy atom. The summed E-state index contributed by atoms with van der Waals surface area (Å²) in [6, 6.07) is 0.587. The predicted octanol–water partition coefficient (Wildman–Crippen LogP) is 16.6. The number of hydrogen-bond donors (Lipinski definition) is 0. The molecule has 1 aromatic rings. The van der Waals surface area contributed by atoms with Crippen molar-refractivity contribution in [2.45, 2.75) is 271 Å². The molecule has 0 aliphatic carbocycles. The number of rotatable bonds is 38. The molecule has 0 bridgehead atoms. The smallest absolute Gasteiger partial charge is 0.111 e. The molecule has 0 aromatic carbocycles. The highest BCUT2D eigenvalue weighted by Gasteiger charge is 2.19. The molecule has 0 saturated carbocycles. The van der Waals surface area contributed by atoms with Gasteiger partial charge in [0, 0.05) is 24.4 Å². The van der Waals surface area contributed by atoms with Crippen LogP contribution in [0.1, 0.15) is 277 Å². The molecule has 0 spiro atoms. The molecule has 47 heavy (non-hydrogen) atoms. The lowest BCUT2D eigenvalue weighted by Crippen LogP contribution is -2.13. The zero-order valence-electron chi connectivity index (χ0n) is 33.2. The summed E-state index contributed by atoms with van der Waals surface area (Å²) in [7, 11) is 0. The summed E-state index contributed by atoms with van der Waals surface area (Å²) in [6.45, 7) is 9.41. The molecule has 2 atom stereocenters. The van der Waals surface area contributed by atoms with E-state index in [4.69, 9.17) is 4.98 Å². The van der Waals surface area contributed by atoms with Gasteiger partial charge in [-0.3, -0.25) is 0 Å². The molecule has 278 valence electrons. The molecule has 0 aliphatic heterocycles. The average molecular weight is 657 g/mol. The van der Waals surface area contributed by atoms with Crippen molar-refractivity contribution in [1.29, 1.82) is 0 Å². The normalized spacial score (nSPS) is 13.0. The summed E-state index contributed by atoms with van der Waals surface area (Å²) in [5.74, 6) is 2.06.